The number of oxazole rings is 1. The standard InChI is InChI=1S/C15H13BrN2O/c1-2-9-6-7-13-12(8-9)18-15(19-13)10-4-3-5-11(16)14(10)17/h3-8H,2,17H2,1H3. The van der Waals surface area contributed by atoms with E-state index < -0.39 is 0 Å². The van der Waals surface area contributed by atoms with Crippen LogP contribution in [0.5, 0.6) is 0 Å². The molecule has 1 aromatic heterocycles. The Morgan fingerprint density at radius 3 is 2.89 bits per heavy atom. The molecule has 3 aromatic rings. The van der Waals surface area contributed by atoms with Crippen molar-refractivity contribution in [1.29, 1.82) is 0 Å². The van der Waals surface area contributed by atoms with Gasteiger partial charge in [0.15, 0.2) is 5.58 Å². The van der Waals surface area contributed by atoms with Gasteiger partial charge in [-0.1, -0.05) is 19.1 Å². The average Bonchev–Trinajstić information content (AvgIpc) is 2.84. The lowest BCUT2D eigenvalue weighted by atomic mass is 10.1. The highest BCUT2D eigenvalue weighted by molar-refractivity contribution is 9.10. The van der Waals surface area contributed by atoms with Crippen molar-refractivity contribution in [3.05, 3.63) is 46.4 Å². The molecule has 0 saturated heterocycles. The minimum Gasteiger partial charge on any atom is -0.436 e. The van der Waals surface area contributed by atoms with E-state index in [0.29, 0.717) is 11.6 Å². The van der Waals surface area contributed by atoms with Crippen LogP contribution in [-0.2, 0) is 6.42 Å². The maximum absolute atomic E-state index is 6.05. The Kier molecular flexibility index (Phi) is 3.03. The molecule has 3 rings (SSSR count). The van der Waals surface area contributed by atoms with E-state index in [-0.39, 0.29) is 0 Å². The van der Waals surface area contributed by atoms with Gasteiger partial charge in [-0.2, -0.15) is 0 Å². The second-order valence-corrected chi connectivity index (χ2v) is 5.23. The molecule has 0 amide bonds. The van der Waals surface area contributed by atoms with Crippen molar-refractivity contribution in [1.82, 2.24) is 4.98 Å². The summed E-state index contributed by atoms with van der Waals surface area (Å²) >= 11 is 3.42. The number of hydrogen-bond donors (Lipinski definition) is 1. The second-order valence-electron chi connectivity index (χ2n) is 4.38. The number of anilines is 1. The number of benzene rings is 2. The third kappa shape index (κ3) is 2.12. The summed E-state index contributed by atoms with van der Waals surface area (Å²) in [5.41, 5.74) is 10.4. The fourth-order valence-corrected chi connectivity index (χ4v) is 2.40. The zero-order valence-corrected chi connectivity index (χ0v) is 12.1. The summed E-state index contributed by atoms with van der Waals surface area (Å²) in [6.07, 6.45) is 0.983. The summed E-state index contributed by atoms with van der Waals surface area (Å²) < 4.78 is 6.63. The third-order valence-electron chi connectivity index (χ3n) is 3.14. The predicted octanol–water partition coefficient (Wildman–Crippen LogP) is 4.40. The minimum atomic E-state index is 0.557. The van der Waals surface area contributed by atoms with Crippen molar-refractivity contribution >= 4 is 32.7 Å². The van der Waals surface area contributed by atoms with Crippen LogP contribution in [0.4, 0.5) is 5.69 Å². The molecule has 19 heavy (non-hydrogen) atoms. The Morgan fingerprint density at radius 1 is 1.26 bits per heavy atom. The largest absolute Gasteiger partial charge is 0.436 e. The van der Waals surface area contributed by atoms with E-state index in [1.54, 1.807) is 0 Å². The van der Waals surface area contributed by atoms with Gasteiger partial charge in [0.05, 0.1) is 11.3 Å². The monoisotopic (exact) mass is 316 g/mol. The lowest BCUT2D eigenvalue weighted by Crippen LogP contribution is -1.91. The molecule has 96 valence electrons. The van der Waals surface area contributed by atoms with Crippen molar-refractivity contribution < 1.29 is 4.42 Å². The highest BCUT2D eigenvalue weighted by Crippen LogP contribution is 2.33. The highest BCUT2D eigenvalue weighted by Gasteiger charge is 2.12. The average molecular weight is 317 g/mol. The van der Waals surface area contributed by atoms with E-state index in [0.717, 1.165) is 27.6 Å². The molecule has 1 heterocycles. The molecule has 2 aromatic carbocycles. The number of rotatable bonds is 2. The highest BCUT2D eigenvalue weighted by atomic mass is 79.9. The molecule has 0 aliphatic carbocycles. The van der Waals surface area contributed by atoms with Crippen LogP contribution in [0.2, 0.25) is 0 Å². The molecule has 0 unspecified atom stereocenters. The Hall–Kier alpha value is -1.81. The molecule has 0 bridgehead atoms. The van der Waals surface area contributed by atoms with Gasteiger partial charge in [-0.3, -0.25) is 0 Å². The number of nitrogens with two attached hydrogens (primary N) is 1. The maximum Gasteiger partial charge on any atom is 0.229 e. The van der Waals surface area contributed by atoms with Crippen LogP contribution in [0, 0.1) is 0 Å². The van der Waals surface area contributed by atoms with Gasteiger partial charge in [-0.05, 0) is 52.2 Å². The summed E-state index contributed by atoms with van der Waals surface area (Å²) in [5, 5.41) is 0. The lowest BCUT2D eigenvalue weighted by molar-refractivity contribution is 0.620. The molecule has 0 atom stereocenters. The fraction of sp³-hybridized carbons (Fsp3) is 0.133. The number of halogens is 1. The van der Waals surface area contributed by atoms with Gasteiger partial charge >= 0.3 is 0 Å². The van der Waals surface area contributed by atoms with E-state index in [4.69, 9.17) is 10.2 Å². The quantitative estimate of drug-likeness (QED) is 0.713. The molecular weight excluding hydrogens is 304 g/mol. The Balaban J connectivity index is 2.18. The van der Waals surface area contributed by atoms with Gasteiger partial charge in [0.1, 0.15) is 5.52 Å². The molecule has 4 heteroatoms. The lowest BCUT2D eigenvalue weighted by Gasteiger charge is -2.02. The van der Waals surface area contributed by atoms with Crippen molar-refractivity contribution in [2.24, 2.45) is 0 Å². The SMILES string of the molecule is CCc1ccc2oc(-c3cccc(Br)c3N)nc2c1. The minimum absolute atomic E-state index is 0.557. The number of aromatic nitrogens is 1. The molecule has 0 saturated carbocycles. The number of nitrogen functional groups attached to an aromatic ring is 1. The number of aryl methyl sites for hydroxylation is 1. The molecule has 0 radical (unpaired) electrons. The Labute approximate surface area is 119 Å². The molecule has 3 nitrogen and oxygen atoms in total. The summed E-state index contributed by atoms with van der Waals surface area (Å²) in [7, 11) is 0. The smallest absolute Gasteiger partial charge is 0.229 e. The molecule has 0 aliphatic rings. The maximum atomic E-state index is 6.05. The number of nitrogens with zero attached hydrogens (tertiary/aromatic N) is 1. The van der Waals surface area contributed by atoms with E-state index in [1.165, 1.54) is 5.56 Å². The van der Waals surface area contributed by atoms with Crippen LogP contribution in [0.3, 0.4) is 0 Å². The van der Waals surface area contributed by atoms with Crippen molar-refractivity contribution in [3.8, 4) is 11.5 Å². The van der Waals surface area contributed by atoms with E-state index >= 15 is 0 Å². The van der Waals surface area contributed by atoms with Crippen LogP contribution in [0.25, 0.3) is 22.6 Å². The normalized spacial score (nSPS) is 11.1. The van der Waals surface area contributed by atoms with Crippen LogP contribution in [-0.4, -0.2) is 4.98 Å². The summed E-state index contributed by atoms with van der Waals surface area (Å²) in [5.74, 6) is 0.557. The van der Waals surface area contributed by atoms with Crippen LogP contribution in [0.15, 0.2) is 45.3 Å². The second kappa shape index (κ2) is 4.70. The van der Waals surface area contributed by atoms with Gasteiger partial charge in [-0.15, -0.1) is 0 Å². The van der Waals surface area contributed by atoms with Crippen LogP contribution < -0.4 is 5.73 Å². The summed E-state index contributed by atoms with van der Waals surface area (Å²) in [6, 6.07) is 11.8. The number of para-hydroxylation sites is 1. The van der Waals surface area contributed by atoms with Gasteiger partial charge in [0.25, 0.3) is 0 Å². The zero-order chi connectivity index (χ0) is 13.4. The summed E-state index contributed by atoms with van der Waals surface area (Å²) in [6.45, 7) is 2.12. The first-order valence-corrected chi connectivity index (χ1v) is 6.92. The molecule has 0 spiro atoms. The Morgan fingerprint density at radius 2 is 2.11 bits per heavy atom. The van der Waals surface area contributed by atoms with E-state index in [1.807, 2.05) is 24.3 Å². The molecule has 0 aliphatic heterocycles. The topological polar surface area (TPSA) is 52.0 Å². The Bertz CT molecular complexity index is 749. The van der Waals surface area contributed by atoms with Gasteiger partial charge in [0, 0.05) is 4.47 Å². The van der Waals surface area contributed by atoms with Gasteiger partial charge in [0.2, 0.25) is 5.89 Å². The number of hydrogen-bond acceptors (Lipinski definition) is 3. The molecule has 0 fully saturated rings. The van der Waals surface area contributed by atoms with Crippen LogP contribution in [0.1, 0.15) is 12.5 Å². The predicted molar refractivity (Wildman–Crippen MR) is 80.9 cm³/mol. The summed E-state index contributed by atoms with van der Waals surface area (Å²) in [4.78, 5) is 4.53. The van der Waals surface area contributed by atoms with Crippen molar-refractivity contribution in [3.63, 3.8) is 0 Å². The third-order valence-corrected chi connectivity index (χ3v) is 3.84. The van der Waals surface area contributed by atoms with Crippen LogP contribution >= 0.6 is 15.9 Å². The van der Waals surface area contributed by atoms with Crippen molar-refractivity contribution in [2.45, 2.75) is 13.3 Å². The molecule has 2 N–H and O–H groups in total. The van der Waals surface area contributed by atoms with Crippen molar-refractivity contribution in [2.75, 3.05) is 5.73 Å². The van der Waals surface area contributed by atoms with Gasteiger partial charge < -0.3 is 10.2 Å². The number of fused-ring (bicyclic) bond motifs is 1. The first-order valence-electron chi connectivity index (χ1n) is 6.13. The first-order chi connectivity index (χ1) is 9.19. The zero-order valence-electron chi connectivity index (χ0n) is 10.5. The fourth-order valence-electron chi connectivity index (χ4n) is 2.03. The van der Waals surface area contributed by atoms with E-state index in [2.05, 4.69) is 40.0 Å². The van der Waals surface area contributed by atoms with Gasteiger partial charge in [-0.25, -0.2) is 4.98 Å². The molecular formula is C15H13BrN2O. The first kappa shape index (κ1) is 12.2. The van der Waals surface area contributed by atoms with E-state index in [9.17, 15) is 0 Å².